The van der Waals surface area contributed by atoms with E-state index < -0.39 is 18.5 Å². The predicted molar refractivity (Wildman–Crippen MR) is 110 cm³/mol. The van der Waals surface area contributed by atoms with E-state index in [1.807, 2.05) is 36.4 Å². The first-order valence-electron chi connectivity index (χ1n) is 8.69. The van der Waals surface area contributed by atoms with Gasteiger partial charge in [0.25, 0.3) is 5.91 Å². The maximum absolute atomic E-state index is 12.4. The smallest absolute Gasteiger partial charge is 0.341 e. The normalized spacial score (nSPS) is 10.7. The average Bonchev–Trinajstić information content (AvgIpc) is 2.70. The molecule has 150 valence electrons. The van der Waals surface area contributed by atoms with Gasteiger partial charge < -0.3 is 19.9 Å². The highest BCUT2D eigenvalue weighted by atomic mass is 79.9. The Labute approximate surface area is 176 Å². The van der Waals surface area contributed by atoms with Crippen molar-refractivity contribution in [1.82, 2.24) is 5.32 Å². The lowest BCUT2D eigenvalue weighted by Crippen LogP contribution is -2.23. The number of carbonyl (C=O) groups is 2. The Morgan fingerprint density at radius 3 is 2.59 bits per heavy atom. The second-order valence-corrected chi connectivity index (χ2v) is 6.64. The Morgan fingerprint density at radius 1 is 1.24 bits per heavy atom. The fraction of sp³-hybridized carbons (Fsp3) is 0.190. The highest BCUT2D eigenvalue weighted by Crippen LogP contribution is 2.37. The minimum atomic E-state index is -1.12. The van der Waals surface area contributed by atoms with E-state index in [0.717, 1.165) is 5.56 Å². The van der Waals surface area contributed by atoms with Crippen LogP contribution in [0.3, 0.4) is 0 Å². The number of halogens is 1. The van der Waals surface area contributed by atoms with E-state index in [-0.39, 0.29) is 11.3 Å². The van der Waals surface area contributed by atoms with Crippen molar-refractivity contribution in [1.29, 1.82) is 5.26 Å². The number of carbonyl (C=O) groups excluding carboxylic acids is 1. The van der Waals surface area contributed by atoms with Crippen molar-refractivity contribution in [2.75, 3.05) is 13.2 Å². The van der Waals surface area contributed by atoms with Gasteiger partial charge in [0.2, 0.25) is 0 Å². The van der Waals surface area contributed by atoms with Gasteiger partial charge in [0.05, 0.1) is 11.1 Å². The van der Waals surface area contributed by atoms with Gasteiger partial charge in [0, 0.05) is 6.54 Å². The molecule has 2 N–H and O–H groups in total. The van der Waals surface area contributed by atoms with Crippen LogP contribution in [0.25, 0.3) is 6.08 Å². The highest BCUT2D eigenvalue weighted by Gasteiger charge is 2.15. The fourth-order valence-corrected chi connectivity index (χ4v) is 2.97. The monoisotopic (exact) mass is 458 g/mol. The lowest BCUT2D eigenvalue weighted by molar-refractivity contribution is -0.139. The molecule has 0 heterocycles. The van der Waals surface area contributed by atoms with Crippen LogP contribution in [0.1, 0.15) is 18.1 Å². The molecular weight excluding hydrogens is 440 g/mol. The van der Waals surface area contributed by atoms with Crippen LogP contribution in [0.4, 0.5) is 0 Å². The molecule has 0 radical (unpaired) electrons. The lowest BCUT2D eigenvalue weighted by Gasteiger charge is -2.13. The highest BCUT2D eigenvalue weighted by molar-refractivity contribution is 9.10. The molecule has 2 aromatic rings. The average molecular weight is 459 g/mol. The maximum atomic E-state index is 12.4. The summed E-state index contributed by atoms with van der Waals surface area (Å²) in [4.78, 5) is 23.1. The lowest BCUT2D eigenvalue weighted by atomic mass is 10.1. The summed E-state index contributed by atoms with van der Waals surface area (Å²) < 4.78 is 11.2. The third-order valence-electron chi connectivity index (χ3n) is 3.64. The van der Waals surface area contributed by atoms with Gasteiger partial charge in [0.15, 0.2) is 18.1 Å². The summed E-state index contributed by atoms with van der Waals surface area (Å²) in [5, 5.41) is 20.9. The summed E-state index contributed by atoms with van der Waals surface area (Å²) in [6.07, 6.45) is 1.43. The molecule has 29 heavy (non-hydrogen) atoms. The molecule has 0 saturated heterocycles. The second kappa shape index (κ2) is 10.9. The number of hydrogen-bond donors (Lipinski definition) is 2. The number of nitrogens with one attached hydrogen (secondary N) is 1. The molecule has 0 spiro atoms. The zero-order chi connectivity index (χ0) is 21.2. The number of carboxylic acid groups (broad SMARTS) is 1. The molecule has 7 nitrogen and oxygen atoms in total. The van der Waals surface area contributed by atoms with Crippen molar-refractivity contribution in [2.24, 2.45) is 0 Å². The number of carboxylic acids is 1. The minimum absolute atomic E-state index is 0.0746. The summed E-state index contributed by atoms with van der Waals surface area (Å²) in [5.41, 5.74) is 1.36. The molecule has 0 saturated carbocycles. The zero-order valence-electron chi connectivity index (χ0n) is 15.6. The van der Waals surface area contributed by atoms with Crippen LogP contribution in [-0.2, 0) is 16.1 Å². The summed E-state index contributed by atoms with van der Waals surface area (Å²) in [6, 6.07) is 14.4. The molecule has 2 aromatic carbocycles. The van der Waals surface area contributed by atoms with Gasteiger partial charge in [-0.1, -0.05) is 30.3 Å². The van der Waals surface area contributed by atoms with Gasteiger partial charge >= 0.3 is 5.97 Å². The SMILES string of the molecule is CCOc1cc(/C=C(\C#N)C(=O)NCc2ccccc2)cc(Br)c1OCC(=O)O. The van der Waals surface area contributed by atoms with Gasteiger partial charge in [0.1, 0.15) is 11.6 Å². The van der Waals surface area contributed by atoms with Gasteiger partial charge in [-0.3, -0.25) is 4.79 Å². The molecular formula is C21H19BrN2O5. The number of nitriles is 1. The van der Waals surface area contributed by atoms with Crippen LogP contribution < -0.4 is 14.8 Å². The van der Waals surface area contributed by atoms with Crippen LogP contribution in [0.5, 0.6) is 11.5 Å². The summed E-state index contributed by atoms with van der Waals surface area (Å²) in [5.74, 6) is -1.09. The Kier molecular flexibility index (Phi) is 8.25. The number of amides is 1. The van der Waals surface area contributed by atoms with Gasteiger partial charge in [-0.25, -0.2) is 4.79 Å². The molecule has 2 rings (SSSR count). The standard InChI is InChI=1S/C21H19BrN2O5/c1-2-28-18-10-15(9-17(22)20(18)29-13-19(25)26)8-16(11-23)21(27)24-12-14-6-4-3-5-7-14/h3-10H,2,12-13H2,1H3,(H,24,27)(H,25,26)/b16-8+. The molecule has 0 aliphatic rings. The molecule has 1 amide bonds. The van der Waals surface area contributed by atoms with Crippen molar-refractivity contribution in [3.05, 3.63) is 63.6 Å². The van der Waals surface area contributed by atoms with Crippen molar-refractivity contribution in [3.63, 3.8) is 0 Å². The van der Waals surface area contributed by atoms with Gasteiger partial charge in [-0.2, -0.15) is 5.26 Å². The second-order valence-electron chi connectivity index (χ2n) is 5.78. The Morgan fingerprint density at radius 2 is 1.97 bits per heavy atom. The molecule has 0 atom stereocenters. The van der Waals surface area contributed by atoms with Crippen molar-refractivity contribution < 1.29 is 24.2 Å². The summed E-state index contributed by atoms with van der Waals surface area (Å²) in [7, 11) is 0. The van der Waals surface area contributed by atoms with Crippen molar-refractivity contribution in [2.45, 2.75) is 13.5 Å². The Hall–Kier alpha value is -3.31. The van der Waals surface area contributed by atoms with E-state index in [1.165, 1.54) is 6.08 Å². The van der Waals surface area contributed by atoms with Crippen LogP contribution in [0.15, 0.2) is 52.5 Å². The van der Waals surface area contributed by atoms with Crippen molar-refractivity contribution in [3.8, 4) is 17.6 Å². The van der Waals surface area contributed by atoms with E-state index in [4.69, 9.17) is 14.6 Å². The summed E-state index contributed by atoms with van der Waals surface area (Å²) in [6.45, 7) is 1.87. The molecule has 0 aliphatic heterocycles. The van der Waals surface area contributed by atoms with Crippen molar-refractivity contribution >= 4 is 33.9 Å². The quantitative estimate of drug-likeness (QED) is 0.439. The first-order valence-corrected chi connectivity index (χ1v) is 9.48. The van der Waals surface area contributed by atoms with Crippen LogP contribution >= 0.6 is 15.9 Å². The number of ether oxygens (including phenoxy) is 2. The number of hydrogen-bond acceptors (Lipinski definition) is 5. The molecule has 8 heteroatoms. The molecule has 0 aromatic heterocycles. The first-order chi connectivity index (χ1) is 13.9. The van der Waals surface area contributed by atoms with Crippen LogP contribution in [0.2, 0.25) is 0 Å². The largest absolute Gasteiger partial charge is 0.490 e. The maximum Gasteiger partial charge on any atom is 0.341 e. The number of aliphatic carboxylic acids is 1. The van der Waals surface area contributed by atoms with E-state index in [0.29, 0.717) is 28.9 Å². The Balaban J connectivity index is 2.23. The zero-order valence-corrected chi connectivity index (χ0v) is 17.2. The third kappa shape index (κ3) is 6.66. The van der Waals surface area contributed by atoms with E-state index in [2.05, 4.69) is 21.2 Å². The predicted octanol–water partition coefficient (Wildman–Crippen LogP) is 3.53. The Bertz CT molecular complexity index is 952. The molecule has 0 aliphatic carbocycles. The van der Waals surface area contributed by atoms with Crippen LogP contribution in [0, 0.1) is 11.3 Å². The number of nitrogens with zero attached hydrogens (tertiary/aromatic N) is 1. The first kappa shape index (κ1) is 22.0. The van der Waals surface area contributed by atoms with E-state index >= 15 is 0 Å². The molecule has 0 bridgehead atoms. The van der Waals surface area contributed by atoms with Gasteiger partial charge in [-0.15, -0.1) is 0 Å². The van der Waals surface area contributed by atoms with E-state index in [1.54, 1.807) is 19.1 Å². The third-order valence-corrected chi connectivity index (χ3v) is 4.23. The molecule has 0 fully saturated rings. The number of rotatable bonds is 9. The van der Waals surface area contributed by atoms with Gasteiger partial charge in [-0.05, 0) is 52.2 Å². The summed E-state index contributed by atoms with van der Waals surface area (Å²) >= 11 is 3.32. The molecule has 0 unspecified atom stereocenters. The fourth-order valence-electron chi connectivity index (χ4n) is 2.40. The van der Waals surface area contributed by atoms with Crippen LogP contribution in [-0.4, -0.2) is 30.2 Å². The van der Waals surface area contributed by atoms with E-state index in [9.17, 15) is 14.9 Å². The number of benzene rings is 2. The minimum Gasteiger partial charge on any atom is -0.490 e. The topological polar surface area (TPSA) is 109 Å².